The van der Waals surface area contributed by atoms with E-state index in [1.807, 2.05) is 18.2 Å². The van der Waals surface area contributed by atoms with Gasteiger partial charge in [-0.05, 0) is 40.0 Å². The van der Waals surface area contributed by atoms with Crippen LogP contribution in [0.2, 0.25) is 0 Å². The van der Waals surface area contributed by atoms with Gasteiger partial charge in [0.25, 0.3) is 0 Å². The second-order valence-corrected chi connectivity index (χ2v) is 6.19. The Balaban J connectivity index is 2.21. The van der Waals surface area contributed by atoms with Crippen LogP contribution in [0.15, 0.2) is 28.9 Å². The van der Waals surface area contributed by atoms with Crippen molar-refractivity contribution in [2.75, 3.05) is 17.6 Å². The van der Waals surface area contributed by atoms with Gasteiger partial charge in [-0.25, -0.2) is 0 Å². The predicted octanol–water partition coefficient (Wildman–Crippen LogP) is 3.79. The molecule has 0 aliphatic heterocycles. The molecule has 4 N–H and O–H groups in total. The number of pyridine rings is 1. The number of nitrogen functional groups attached to an aromatic ring is 1. The maximum Gasteiger partial charge on any atom is 0.0954 e. The van der Waals surface area contributed by atoms with E-state index >= 15 is 0 Å². The summed E-state index contributed by atoms with van der Waals surface area (Å²) in [4.78, 5) is 4.43. The Hall–Kier alpha value is -1.33. The van der Waals surface area contributed by atoms with Crippen LogP contribution in [-0.4, -0.2) is 22.7 Å². The molecular weight excluding hydrogens is 330 g/mol. The average molecular weight is 352 g/mol. The van der Waals surface area contributed by atoms with E-state index in [2.05, 4.69) is 40.1 Å². The fourth-order valence-corrected chi connectivity index (χ4v) is 2.90. The highest BCUT2D eigenvalue weighted by atomic mass is 79.9. The second kappa shape index (κ2) is 7.09. The molecule has 114 valence electrons. The lowest BCUT2D eigenvalue weighted by molar-refractivity contribution is 0.114. The minimum atomic E-state index is -0.358. The van der Waals surface area contributed by atoms with Crippen LogP contribution < -0.4 is 11.1 Å². The van der Waals surface area contributed by atoms with Gasteiger partial charge in [-0.15, -0.1) is 0 Å². The number of nitrogens with two attached hydrogens (primary N) is 1. The SMILES string of the molecule is CCC(CC)C(O)CNc1ccc(N)c2cc(Br)cnc12. The maximum atomic E-state index is 10.2. The van der Waals surface area contributed by atoms with Crippen molar-refractivity contribution in [1.82, 2.24) is 4.98 Å². The lowest BCUT2D eigenvalue weighted by Gasteiger charge is -2.21. The van der Waals surface area contributed by atoms with Crippen molar-refractivity contribution in [3.63, 3.8) is 0 Å². The number of hydrogen-bond acceptors (Lipinski definition) is 4. The van der Waals surface area contributed by atoms with Crippen LogP contribution in [0.5, 0.6) is 0 Å². The lowest BCUT2D eigenvalue weighted by atomic mass is 9.96. The first-order valence-corrected chi connectivity index (χ1v) is 8.11. The zero-order chi connectivity index (χ0) is 15.4. The molecule has 0 saturated heterocycles. The number of anilines is 2. The van der Waals surface area contributed by atoms with Gasteiger partial charge >= 0.3 is 0 Å². The van der Waals surface area contributed by atoms with Gasteiger partial charge in [0, 0.05) is 28.3 Å². The molecule has 1 heterocycles. The number of aliphatic hydroxyl groups is 1. The standard InChI is InChI=1S/C16H22BrN3O/c1-3-10(4-2)15(21)9-19-14-6-5-13(18)12-7-11(17)8-20-16(12)14/h5-8,10,15,19,21H,3-4,9,18H2,1-2H3. The van der Waals surface area contributed by atoms with Gasteiger partial charge in [-0.3, -0.25) is 4.98 Å². The quantitative estimate of drug-likeness (QED) is 0.692. The molecule has 4 nitrogen and oxygen atoms in total. The predicted molar refractivity (Wildman–Crippen MR) is 92.4 cm³/mol. The van der Waals surface area contributed by atoms with Crippen molar-refractivity contribution >= 4 is 38.2 Å². The molecule has 2 aromatic rings. The summed E-state index contributed by atoms with van der Waals surface area (Å²) in [6, 6.07) is 5.74. The van der Waals surface area contributed by atoms with E-state index in [-0.39, 0.29) is 6.10 Å². The number of halogens is 1. The molecule has 5 heteroatoms. The van der Waals surface area contributed by atoms with Crippen LogP contribution in [0.25, 0.3) is 10.9 Å². The van der Waals surface area contributed by atoms with Crippen LogP contribution in [0.3, 0.4) is 0 Å². The Bertz CT molecular complexity index is 614. The highest BCUT2D eigenvalue weighted by Gasteiger charge is 2.15. The monoisotopic (exact) mass is 351 g/mol. The molecule has 0 aliphatic carbocycles. The summed E-state index contributed by atoms with van der Waals surface area (Å²) >= 11 is 3.41. The molecule has 1 aromatic carbocycles. The van der Waals surface area contributed by atoms with Crippen LogP contribution in [0.1, 0.15) is 26.7 Å². The number of benzene rings is 1. The van der Waals surface area contributed by atoms with Gasteiger partial charge in [0.05, 0.1) is 17.3 Å². The lowest BCUT2D eigenvalue weighted by Crippen LogP contribution is -2.27. The Morgan fingerprint density at radius 3 is 2.71 bits per heavy atom. The highest BCUT2D eigenvalue weighted by molar-refractivity contribution is 9.10. The fourth-order valence-electron chi connectivity index (χ4n) is 2.57. The molecule has 1 aromatic heterocycles. The van der Waals surface area contributed by atoms with E-state index in [4.69, 9.17) is 5.73 Å². The van der Waals surface area contributed by atoms with Crippen LogP contribution in [0.4, 0.5) is 11.4 Å². The van der Waals surface area contributed by atoms with E-state index in [1.165, 1.54) is 0 Å². The molecule has 2 rings (SSSR count). The molecule has 0 radical (unpaired) electrons. The van der Waals surface area contributed by atoms with Gasteiger partial charge in [0.15, 0.2) is 0 Å². The maximum absolute atomic E-state index is 10.2. The average Bonchev–Trinajstić information content (AvgIpc) is 2.48. The topological polar surface area (TPSA) is 71.2 Å². The number of aromatic nitrogens is 1. The van der Waals surface area contributed by atoms with Gasteiger partial charge in [0.1, 0.15) is 0 Å². The minimum absolute atomic E-state index is 0.319. The minimum Gasteiger partial charge on any atom is -0.398 e. The van der Waals surface area contributed by atoms with E-state index in [0.717, 1.165) is 33.9 Å². The van der Waals surface area contributed by atoms with E-state index in [0.29, 0.717) is 18.2 Å². The first kappa shape index (κ1) is 16.0. The normalized spacial score (nSPS) is 12.8. The molecule has 0 aliphatic rings. The van der Waals surface area contributed by atoms with E-state index in [1.54, 1.807) is 6.20 Å². The number of nitrogens with one attached hydrogen (secondary N) is 1. The van der Waals surface area contributed by atoms with Crippen LogP contribution in [0, 0.1) is 5.92 Å². The number of rotatable bonds is 6. The summed E-state index contributed by atoms with van der Waals surface area (Å²) in [5.74, 6) is 0.319. The van der Waals surface area contributed by atoms with Gasteiger partial charge < -0.3 is 16.2 Å². The molecular formula is C16H22BrN3O. The number of aliphatic hydroxyl groups excluding tert-OH is 1. The Kier molecular flexibility index (Phi) is 5.42. The zero-order valence-electron chi connectivity index (χ0n) is 12.4. The van der Waals surface area contributed by atoms with Crippen molar-refractivity contribution in [3.8, 4) is 0 Å². The van der Waals surface area contributed by atoms with Crippen LogP contribution >= 0.6 is 15.9 Å². The van der Waals surface area contributed by atoms with Crippen molar-refractivity contribution < 1.29 is 5.11 Å². The van der Waals surface area contributed by atoms with Gasteiger partial charge in [0.2, 0.25) is 0 Å². The molecule has 21 heavy (non-hydrogen) atoms. The van der Waals surface area contributed by atoms with Crippen molar-refractivity contribution in [3.05, 3.63) is 28.9 Å². The first-order valence-electron chi connectivity index (χ1n) is 7.32. The fraction of sp³-hybridized carbons (Fsp3) is 0.438. The van der Waals surface area contributed by atoms with Gasteiger partial charge in [-0.1, -0.05) is 26.7 Å². The molecule has 0 amide bonds. The Morgan fingerprint density at radius 1 is 1.33 bits per heavy atom. The van der Waals surface area contributed by atoms with Crippen molar-refractivity contribution in [2.24, 2.45) is 5.92 Å². The summed E-state index contributed by atoms with van der Waals surface area (Å²) in [7, 11) is 0. The Labute approximate surface area is 133 Å². The Morgan fingerprint density at radius 2 is 2.05 bits per heavy atom. The number of fused-ring (bicyclic) bond motifs is 1. The van der Waals surface area contributed by atoms with Crippen molar-refractivity contribution in [1.29, 1.82) is 0 Å². The smallest absolute Gasteiger partial charge is 0.0954 e. The third-order valence-corrected chi connectivity index (χ3v) is 4.38. The number of nitrogens with zero attached hydrogens (tertiary/aromatic N) is 1. The summed E-state index contributed by atoms with van der Waals surface area (Å²) in [6.07, 6.45) is 3.35. The summed E-state index contributed by atoms with van der Waals surface area (Å²) in [5, 5.41) is 14.4. The van der Waals surface area contributed by atoms with Gasteiger partial charge in [-0.2, -0.15) is 0 Å². The van der Waals surface area contributed by atoms with E-state index < -0.39 is 0 Å². The highest BCUT2D eigenvalue weighted by Crippen LogP contribution is 2.29. The molecule has 0 saturated carbocycles. The largest absolute Gasteiger partial charge is 0.398 e. The van der Waals surface area contributed by atoms with Crippen molar-refractivity contribution in [2.45, 2.75) is 32.8 Å². The third-order valence-electron chi connectivity index (χ3n) is 3.94. The first-order chi connectivity index (χ1) is 10.1. The molecule has 1 unspecified atom stereocenters. The second-order valence-electron chi connectivity index (χ2n) is 5.28. The van der Waals surface area contributed by atoms with E-state index in [9.17, 15) is 5.11 Å². The molecule has 0 fully saturated rings. The molecule has 0 spiro atoms. The summed E-state index contributed by atoms with van der Waals surface area (Å²) in [5.41, 5.74) is 8.43. The molecule has 0 bridgehead atoms. The zero-order valence-corrected chi connectivity index (χ0v) is 14.0. The summed E-state index contributed by atoms with van der Waals surface area (Å²) < 4.78 is 0.899. The third kappa shape index (κ3) is 3.66. The number of hydrogen-bond donors (Lipinski definition) is 3. The molecule has 1 atom stereocenters. The summed E-state index contributed by atoms with van der Waals surface area (Å²) in [6.45, 7) is 4.73. The van der Waals surface area contributed by atoms with Crippen LogP contribution in [-0.2, 0) is 0 Å².